The van der Waals surface area contributed by atoms with E-state index in [-0.39, 0.29) is 5.69 Å². The monoisotopic (exact) mass is 267 g/mol. The van der Waals surface area contributed by atoms with Crippen LogP contribution in [0.3, 0.4) is 0 Å². The predicted molar refractivity (Wildman–Crippen MR) is 49.2 cm³/mol. The summed E-state index contributed by atoms with van der Waals surface area (Å²) in [6.45, 7) is 0. The average molecular weight is 268 g/mol. The zero-order valence-electron chi connectivity index (χ0n) is 6.35. The van der Waals surface area contributed by atoms with Gasteiger partial charge in [0.1, 0.15) is 4.60 Å². The fourth-order valence-electron chi connectivity index (χ4n) is 0.717. The lowest BCUT2D eigenvalue weighted by molar-refractivity contribution is -0.0242. The SMILES string of the molecule is O=[PH](O)OC(O)c1cccc(Br)n1. The summed E-state index contributed by atoms with van der Waals surface area (Å²) in [4.78, 5) is 12.2. The number of aromatic nitrogens is 1. The molecular formula is C6H7BrNO4P. The fourth-order valence-corrected chi connectivity index (χ4v) is 1.39. The third kappa shape index (κ3) is 3.54. The minimum absolute atomic E-state index is 0.182. The van der Waals surface area contributed by atoms with Crippen LogP contribution in [-0.2, 0) is 9.09 Å². The molecule has 0 fully saturated rings. The molecule has 0 amide bonds. The second kappa shape index (κ2) is 4.83. The van der Waals surface area contributed by atoms with Crippen molar-refractivity contribution in [1.82, 2.24) is 4.98 Å². The number of rotatable bonds is 3. The van der Waals surface area contributed by atoms with Crippen LogP contribution in [0.25, 0.3) is 0 Å². The summed E-state index contributed by atoms with van der Waals surface area (Å²) in [5.74, 6) is 0. The Morgan fingerprint density at radius 1 is 1.62 bits per heavy atom. The van der Waals surface area contributed by atoms with Gasteiger partial charge in [-0.1, -0.05) is 6.07 Å². The summed E-state index contributed by atoms with van der Waals surface area (Å²) < 4.78 is 15.0. The van der Waals surface area contributed by atoms with E-state index in [0.29, 0.717) is 4.60 Å². The zero-order valence-corrected chi connectivity index (χ0v) is 8.93. The first-order chi connectivity index (χ1) is 6.09. The third-order valence-electron chi connectivity index (χ3n) is 1.20. The summed E-state index contributed by atoms with van der Waals surface area (Å²) in [7, 11) is -3.15. The minimum Gasteiger partial charge on any atom is -0.363 e. The molecule has 0 aliphatic rings. The molecule has 0 radical (unpaired) electrons. The highest BCUT2D eigenvalue weighted by molar-refractivity contribution is 9.10. The van der Waals surface area contributed by atoms with E-state index in [1.807, 2.05) is 0 Å². The first-order valence-corrected chi connectivity index (χ1v) is 5.35. The lowest BCUT2D eigenvalue weighted by Gasteiger charge is -2.08. The Balaban J connectivity index is 2.76. The number of nitrogens with zero attached hydrogens (tertiary/aromatic N) is 1. The van der Waals surface area contributed by atoms with Crippen LogP contribution in [0.2, 0.25) is 0 Å². The summed E-state index contributed by atoms with van der Waals surface area (Å²) in [5.41, 5.74) is 0.182. The van der Waals surface area contributed by atoms with Gasteiger partial charge in [-0.3, -0.25) is 9.09 Å². The minimum atomic E-state index is -3.15. The van der Waals surface area contributed by atoms with Crippen molar-refractivity contribution in [3.63, 3.8) is 0 Å². The van der Waals surface area contributed by atoms with E-state index >= 15 is 0 Å². The smallest absolute Gasteiger partial charge is 0.319 e. The maximum atomic E-state index is 10.2. The first-order valence-electron chi connectivity index (χ1n) is 3.29. The Morgan fingerprint density at radius 2 is 2.31 bits per heavy atom. The topological polar surface area (TPSA) is 79.7 Å². The van der Waals surface area contributed by atoms with Crippen molar-refractivity contribution < 1.29 is 19.1 Å². The van der Waals surface area contributed by atoms with Gasteiger partial charge in [0.25, 0.3) is 0 Å². The van der Waals surface area contributed by atoms with Crippen molar-refractivity contribution in [3.8, 4) is 0 Å². The number of hydrogen-bond acceptors (Lipinski definition) is 4. The second-order valence-electron chi connectivity index (χ2n) is 2.12. The van der Waals surface area contributed by atoms with Crippen LogP contribution in [0.5, 0.6) is 0 Å². The molecule has 1 aromatic heterocycles. The quantitative estimate of drug-likeness (QED) is 0.489. The molecule has 7 heteroatoms. The maximum absolute atomic E-state index is 10.2. The highest BCUT2D eigenvalue weighted by atomic mass is 79.9. The van der Waals surface area contributed by atoms with Gasteiger partial charge in [-0.05, 0) is 28.1 Å². The molecule has 0 aromatic carbocycles. The predicted octanol–water partition coefficient (Wildman–Crippen LogP) is 1.23. The van der Waals surface area contributed by atoms with Crippen molar-refractivity contribution in [3.05, 3.63) is 28.5 Å². The lowest BCUT2D eigenvalue weighted by atomic mass is 10.3. The van der Waals surface area contributed by atoms with Crippen LogP contribution in [-0.4, -0.2) is 15.0 Å². The number of aliphatic hydroxyl groups excluding tert-OH is 1. The summed E-state index contributed by atoms with van der Waals surface area (Å²) in [6.07, 6.45) is -1.46. The van der Waals surface area contributed by atoms with E-state index in [2.05, 4.69) is 25.4 Å². The standard InChI is InChI=1S/C6H7BrNO4P/c7-5-3-1-2-4(8-5)6(9)12-13(10)11/h1-3,6,9,13H,(H,10,11). The fraction of sp³-hybridized carbons (Fsp3) is 0.167. The van der Waals surface area contributed by atoms with E-state index in [1.54, 1.807) is 12.1 Å². The molecule has 0 bridgehead atoms. The highest BCUT2D eigenvalue weighted by Crippen LogP contribution is 2.25. The summed E-state index contributed by atoms with van der Waals surface area (Å²) in [6, 6.07) is 4.78. The van der Waals surface area contributed by atoms with Gasteiger partial charge in [0.15, 0.2) is 0 Å². The normalized spacial score (nSPS) is 15.3. The number of aliphatic hydroxyl groups is 1. The van der Waals surface area contributed by atoms with Crippen LogP contribution in [0, 0.1) is 0 Å². The molecule has 13 heavy (non-hydrogen) atoms. The third-order valence-corrected chi connectivity index (χ3v) is 2.07. The van der Waals surface area contributed by atoms with E-state index < -0.39 is 14.5 Å². The molecule has 0 spiro atoms. The van der Waals surface area contributed by atoms with Crippen LogP contribution >= 0.6 is 24.2 Å². The Bertz CT molecular complexity index is 321. The Morgan fingerprint density at radius 3 is 2.85 bits per heavy atom. The van der Waals surface area contributed by atoms with E-state index in [0.717, 1.165) is 0 Å². The van der Waals surface area contributed by atoms with Crippen molar-refractivity contribution in [2.24, 2.45) is 0 Å². The molecule has 0 saturated heterocycles. The van der Waals surface area contributed by atoms with Gasteiger partial charge in [-0.2, -0.15) is 0 Å². The van der Waals surface area contributed by atoms with Crippen LogP contribution < -0.4 is 0 Å². The van der Waals surface area contributed by atoms with Crippen molar-refractivity contribution >= 4 is 24.2 Å². The van der Waals surface area contributed by atoms with Crippen LogP contribution in [0.1, 0.15) is 12.0 Å². The molecule has 5 nitrogen and oxygen atoms in total. The average Bonchev–Trinajstić information content (AvgIpc) is 2.03. The number of halogens is 1. The van der Waals surface area contributed by atoms with Crippen LogP contribution in [0.4, 0.5) is 0 Å². The van der Waals surface area contributed by atoms with Gasteiger partial charge < -0.3 is 10.00 Å². The molecule has 0 saturated carbocycles. The second-order valence-corrected chi connectivity index (χ2v) is 3.70. The lowest BCUT2D eigenvalue weighted by Crippen LogP contribution is -2.00. The molecular weight excluding hydrogens is 261 g/mol. The molecule has 72 valence electrons. The van der Waals surface area contributed by atoms with Gasteiger partial charge in [-0.15, -0.1) is 0 Å². The van der Waals surface area contributed by atoms with E-state index in [9.17, 15) is 9.67 Å². The molecule has 2 atom stereocenters. The van der Waals surface area contributed by atoms with Gasteiger partial charge in [0.05, 0.1) is 5.69 Å². The largest absolute Gasteiger partial charge is 0.363 e. The Hall–Kier alpha value is -0.260. The molecule has 0 aliphatic heterocycles. The van der Waals surface area contributed by atoms with Gasteiger partial charge in [0, 0.05) is 0 Å². The van der Waals surface area contributed by atoms with Gasteiger partial charge in [-0.25, -0.2) is 4.98 Å². The van der Waals surface area contributed by atoms with E-state index in [1.165, 1.54) is 6.07 Å². The molecule has 2 N–H and O–H groups in total. The molecule has 1 heterocycles. The Labute approximate surface area is 83.5 Å². The van der Waals surface area contributed by atoms with Gasteiger partial charge in [0.2, 0.25) is 6.29 Å². The van der Waals surface area contributed by atoms with Gasteiger partial charge >= 0.3 is 8.25 Å². The highest BCUT2D eigenvalue weighted by Gasteiger charge is 2.11. The molecule has 2 unspecified atom stereocenters. The van der Waals surface area contributed by atoms with E-state index in [4.69, 9.17) is 4.89 Å². The summed E-state index contributed by atoms with van der Waals surface area (Å²) in [5, 5.41) is 9.18. The number of pyridine rings is 1. The van der Waals surface area contributed by atoms with Crippen molar-refractivity contribution in [2.75, 3.05) is 0 Å². The molecule has 1 rings (SSSR count). The first kappa shape index (κ1) is 10.8. The number of hydrogen-bond donors (Lipinski definition) is 2. The maximum Gasteiger partial charge on any atom is 0.319 e. The molecule has 1 aromatic rings. The molecule has 0 aliphatic carbocycles. The zero-order chi connectivity index (χ0) is 9.84. The Kier molecular flexibility index (Phi) is 4.02. The summed E-state index contributed by atoms with van der Waals surface area (Å²) >= 11 is 3.09. The van der Waals surface area contributed by atoms with Crippen molar-refractivity contribution in [1.29, 1.82) is 0 Å². The van der Waals surface area contributed by atoms with Crippen molar-refractivity contribution in [2.45, 2.75) is 6.29 Å². The van der Waals surface area contributed by atoms with Crippen LogP contribution in [0.15, 0.2) is 22.8 Å².